The van der Waals surface area contributed by atoms with Crippen molar-refractivity contribution in [1.82, 2.24) is 4.90 Å². The van der Waals surface area contributed by atoms with Crippen LogP contribution in [0.25, 0.3) is 0 Å². The molecule has 2 fully saturated rings. The highest BCUT2D eigenvalue weighted by Gasteiger charge is 2.52. The first-order chi connectivity index (χ1) is 10.3. The molecule has 4 nitrogen and oxygen atoms in total. The predicted octanol–water partition coefficient (Wildman–Crippen LogP) is 3.04. The fourth-order valence-corrected chi connectivity index (χ4v) is 3.86. The Morgan fingerprint density at radius 1 is 1.27 bits per heavy atom. The number of nitrogens with zero attached hydrogens (tertiary/aromatic N) is 1. The summed E-state index contributed by atoms with van der Waals surface area (Å²) in [6.07, 6.45) is 3.40. The molecule has 1 saturated carbocycles. The van der Waals surface area contributed by atoms with Gasteiger partial charge in [-0.1, -0.05) is 34.6 Å². The lowest BCUT2D eigenvalue weighted by molar-refractivity contribution is -0.253. The predicted molar refractivity (Wildman–Crippen MR) is 88.8 cm³/mol. The van der Waals surface area contributed by atoms with Gasteiger partial charge in [0, 0.05) is 13.0 Å². The van der Waals surface area contributed by atoms with Gasteiger partial charge in [0.15, 0.2) is 5.79 Å². The normalized spacial score (nSPS) is 36.4. The Balaban J connectivity index is 1.91. The Bertz CT molecular complexity index is 355. The van der Waals surface area contributed by atoms with E-state index in [0.717, 1.165) is 45.3 Å². The molecule has 0 aromatic carbocycles. The summed E-state index contributed by atoms with van der Waals surface area (Å²) in [5.74, 6) is -0.204. The second-order valence-electron chi connectivity index (χ2n) is 8.11. The lowest BCUT2D eigenvalue weighted by Crippen LogP contribution is -2.50. The van der Waals surface area contributed by atoms with Crippen LogP contribution in [0, 0.1) is 11.3 Å². The molecule has 0 amide bonds. The molecule has 0 radical (unpaired) electrons. The van der Waals surface area contributed by atoms with Crippen molar-refractivity contribution >= 4 is 0 Å². The fourth-order valence-electron chi connectivity index (χ4n) is 3.86. The zero-order valence-corrected chi connectivity index (χ0v) is 15.1. The smallest absolute Gasteiger partial charge is 0.194 e. The third-order valence-corrected chi connectivity index (χ3v) is 5.41. The van der Waals surface area contributed by atoms with Crippen molar-refractivity contribution < 1.29 is 14.6 Å². The topological polar surface area (TPSA) is 41.9 Å². The van der Waals surface area contributed by atoms with E-state index < -0.39 is 11.9 Å². The van der Waals surface area contributed by atoms with Gasteiger partial charge in [-0.05, 0) is 43.7 Å². The van der Waals surface area contributed by atoms with Crippen LogP contribution in [0.2, 0.25) is 0 Å². The molecule has 0 bridgehead atoms. The summed E-state index contributed by atoms with van der Waals surface area (Å²) in [6.45, 7) is 14.8. The number of likely N-dealkylation sites (N-methyl/N-ethyl adjacent to an activating group) is 1. The number of aliphatic hydroxyl groups is 1. The molecule has 0 aromatic heterocycles. The van der Waals surface area contributed by atoms with Gasteiger partial charge in [0.2, 0.25) is 0 Å². The van der Waals surface area contributed by atoms with Crippen LogP contribution in [0.1, 0.15) is 60.3 Å². The summed E-state index contributed by atoms with van der Waals surface area (Å²) < 4.78 is 12.2. The molecule has 4 unspecified atom stereocenters. The van der Waals surface area contributed by atoms with Crippen LogP contribution < -0.4 is 0 Å². The van der Waals surface area contributed by atoms with Gasteiger partial charge in [-0.15, -0.1) is 0 Å². The zero-order chi connectivity index (χ0) is 16.4. The van der Waals surface area contributed by atoms with Crippen LogP contribution in [0.3, 0.4) is 0 Å². The van der Waals surface area contributed by atoms with Gasteiger partial charge in [0.1, 0.15) is 6.10 Å². The average molecular weight is 313 g/mol. The molecule has 1 spiro atoms. The molecular formula is C18H35NO3. The third-order valence-electron chi connectivity index (χ3n) is 5.41. The van der Waals surface area contributed by atoms with Crippen molar-refractivity contribution in [1.29, 1.82) is 0 Å². The molecule has 2 rings (SSSR count). The van der Waals surface area contributed by atoms with Crippen LogP contribution in [0.5, 0.6) is 0 Å². The highest BCUT2D eigenvalue weighted by atomic mass is 16.8. The Hall–Kier alpha value is -0.160. The van der Waals surface area contributed by atoms with E-state index in [9.17, 15) is 5.11 Å². The highest BCUT2D eigenvalue weighted by Crippen LogP contribution is 2.45. The van der Waals surface area contributed by atoms with Crippen LogP contribution >= 0.6 is 0 Å². The van der Waals surface area contributed by atoms with Crippen molar-refractivity contribution in [2.24, 2.45) is 11.3 Å². The van der Waals surface area contributed by atoms with Crippen molar-refractivity contribution in [3.8, 4) is 0 Å². The average Bonchev–Trinajstić information content (AvgIpc) is 2.84. The monoisotopic (exact) mass is 313 g/mol. The van der Waals surface area contributed by atoms with Gasteiger partial charge in [0.05, 0.1) is 12.7 Å². The third kappa shape index (κ3) is 4.02. The van der Waals surface area contributed by atoms with Gasteiger partial charge in [-0.25, -0.2) is 0 Å². The quantitative estimate of drug-likeness (QED) is 0.847. The van der Waals surface area contributed by atoms with Crippen molar-refractivity contribution in [2.45, 2.75) is 78.3 Å². The molecule has 4 atom stereocenters. The number of ether oxygens (including phenoxy) is 2. The summed E-state index contributed by atoms with van der Waals surface area (Å²) >= 11 is 0. The standard InChI is InChI=1S/C18H35NO3/c1-6-10-19(7-2)12-15-13-21-18(22-15)9-8-14(11-16(18)20)17(3,4)5/h14-16,20H,6-13H2,1-5H3. The molecule has 1 N–H and O–H groups in total. The van der Waals surface area contributed by atoms with E-state index >= 15 is 0 Å². The molecule has 1 saturated heterocycles. The van der Waals surface area contributed by atoms with Crippen molar-refractivity contribution in [2.75, 3.05) is 26.2 Å². The SMILES string of the molecule is CCCN(CC)CC1COC2(CCC(C(C)(C)C)CC2O)O1. The first-order valence-electron chi connectivity index (χ1n) is 9.03. The minimum Gasteiger partial charge on any atom is -0.387 e. The minimum absolute atomic E-state index is 0.0901. The summed E-state index contributed by atoms with van der Waals surface area (Å²) in [5, 5.41) is 10.6. The Kier molecular flexibility index (Phi) is 5.92. The molecule has 22 heavy (non-hydrogen) atoms. The van der Waals surface area contributed by atoms with Gasteiger partial charge in [-0.2, -0.15) is 0 Å². The summed E-state index contributed by atoms with van der Waals surface area (Å²) in [6, 6.07) is 0. The molecule has 1 aliphatic carbocycles. The number of rotatable bonds is 5. The van der Waals surface area contributed by atoms with E-state index in [1.807, 2.05) is 0 Å². The maximum atomic E-state index is 10.6. The summed E-state index contributed by atoms with van der Waals surface area (Å²) in [4.78, 5) is 2.40. The molecular weight excluding hydrogens is 278 g/mol. The summed E-state index contributed by atoms with van der Waals surface area (Å²) in [5.41, 5.74) is 0.237. The lowest BCUT2D eigenvalue weighted by Gasteiger charge is -2.44. The van der Waals surface area contributed by atoms with Crippen molar-refractivity contribution in [3.63, 3.8) is 0 Å². The highest BCUT2D eigenvalue weighted by molar-refractivity contribution is 4.94. The minimum atomic E-state index is -0.738. The Morgan fingerprint density at radius 2 is 2.00 bits per heavy atom. The van der Waals surface area contributed by atoms with E-state index in [4.69, 9.17) is 9.47 Å². The van der Waals surface area contributed by atoms with E-state index in [-0.39, 0.29) is 11.5 Å². The second kappa shape index (κ2) is 7.16. The maximum Gasteiger partial charge on any atom is 0.194 e. The number of hydrogen-bond acceptors (Lipinski definition) is 4. The van der Waals surface area contributed by atoms with Gasteiger partial charge >= 0.3 is 0 Å². The fraction of sp³-hybridized carbons (Fsp3) is 1.00. The summed E-state index contributed by atoms with van der Waals surface area (Å²) in [7, 11) is 0. The maximum absolute atomic E-state index is 10.6. The zero-order valence-electron chi connectivity index (χ0n) is 15.1. The molecule has 0 aromatic rings. The first kappa shape index (κ1) is 18.2. The Morgan fingerprint density at radius 3 is 2.55 bits per heavy atom. The Labute approximate surface area is 136 Å². The van der Waals surface area contributed by atoms with Gasteiger partial charge < -0.3 is 19.5 Å². The van der Waals surface area contributed by atoms with E-state index in [2.05, 4.69) is 39.5 Å². The second-order valence-corrected chi connectivity index (χ2v) is 8.11. The van der Waals surface area contributed by atoms with E-state index in [1.54, 1.807) is 0 Å². The number of hydrogen-bond donors (Lipinski definition) is 1. The largest absolute Gasteiger partial charge is 0.387 e. The van der Waals surface area contributed by atoms with Gasteiger partial charge in [-0.3, -0.25) is 0 Å². The van der Waals surface area contributed by atoms with Crippen LogP contribution in [-0.2, 0) is 9.47 Å². The molecule has 130 valence electrons. The molecule has 1 heterocycles. The van der Waals surface area contributed by atoms with E-state index in [1.165, 1.54) is 0 Å². The van der Waals surface area contributed by atoms with Crippen LogP contribution in [0.15, 0.2) is 0 Å². The van der Waals surface area contributed by atoms with Crippen molar-refractivity contribution in [3.05, 3.63) is 0 Å². The lowest BCUT2D eigenvalue weighted by atomic mass is 9.70. The molecule has 4 heteroatoms. The van der Waals surface area contributed by atoms with Gasteiger partial charge in [0.25, 0.3) is 0 Å². The van der Waals surface area contributed by atoms with Crippen LogP contribution in [-0.4, -0.2) is 54.2 Å². The van der Waals surface area contributed by atoms with E-state index in [0.29, 0.717) is 12.5 Å². The molecule has 2 aliphatic rings. The molecule has 1 aliphatic heterocycles. The number of aliphatic hydroxyl groups excluding tert-OH is 1. The van der Waals surface area contributed by atoms with Crippen LogP contribution in [0.4, 0.5) is 0 Å². The first-order valence-corrected chi connectivity index (χ1v) is 9.03.